The lowest BCUT2D eigenvalue weighted by Gasteiger charge is -2.32. The third kappa shape index (κ3) is 5.63. The normalized spacial score (nSPS) is 16.3. The molecule has 1 heterocycles. The second-order valence-corrected chi connectivity index (χ2v) is 7.23. The molecule has 2 amide bonds. The number of halogens is 1. The second kappa shape index (κ2) is 9.32. The topological polar surface area (TPSA) is 86.7 Å². The molecule has 152 valence electrons. The molecular weight excluding hydrogens is 375 g/mol. The Hall–Kier alpha value is -3.22. The van der Waals surface area contributed by atoms with Gasteiger partial charge in [-0.1, -0.05) is 6.07 Å². The zero-order valence-corrected chi connectivity index (χ0v) is 15.9. The molecule has 2 N–H and O–H groups in total. The van der Waals surface area contributed by atoms with Gasteiger partial charge >= 0.3 is 5.97 Å². The molecule has 1 aliphatic heterocycles. The molecule has 1 unspecified atom stereocenters. The van der Waals surface area contributed by atoms with Gasteiger partial charge in [-0.25, -0.2) is 4.39 Å². The molecule has 0 radical (unpaired) electrons. The van der Waals surface area contributed by atoms with Gasteiger partial charge in [0, 0.05) is 36.3 Å². The van der Waals surface area contributed by atoms with E-state index in [4.69, 9.17) is 5.11 Å². The van der Waals surface area contributed by atoms with Gasteiger partial charge in [0.15, 0.2) is 0 Å². The smallest absolute Gasteiger partial charge is 0.303 e. The van der Waals surface area contributed by atoms with Gasteiger partial charge in [0.2, 0.25) is 0 Å². The number of hydrogen-bond donors (Lipinski definition) is 2. The molecule has 29 heavy (non-hydrogen) atoms. The van der Waals surface area contributed by atoms with Gasteiger partial charge in [-0.05, 0) is 67.6 Å². The second-order valence-electron chi connectivity index (χ2n) is 7.23. The molecular formula is C22H23FN2O4. The summed E-state index contributed by atoms with van der Waals surface area (Å²) in [7, 11) is 0. The van der Waals surface area contributed by atoms with Gasteiger partial charge in [0.05, 0.1) is 0 Å². The fourth-order valence-corrected chi connectivity index (χ4v) is 3.53. The number of aliphatic carboxylic acids is 1. The van der Waals surface area contributed by atoms with Crippen molar-refractivity contribution in [3.63, 3.8) is 0 Å². The lowest BCUT2D eigenvalue weighted by atomic mass is 9.93. The van der Waals surface area contributed by atoms with Crippen LogP contribution >= 0.6 is 0 Å². The highest BCUT2D eigenvalue weighted by atomic mass is 19.1. The van der Waals surface area contributed by atoms with E-state index in [1.54, 1.807) is 29.2 Å². The van der Waals surface area contributed by atoms with E-state index in [2.05, 4.69) is 5.32 Å². The zero-order valence-electron chi connectivity index (χ0n) is 15.9. The highest BCUT2D eigenvalue weighted by Gasteiger charge is 2.25. The maximum Gasteiger partial charge on any atom is 0.303 e. The van der Waals surface area contributed by atoms with Gasteiger partial charge in [0.1, 0.15) is 5.82 Å². The largest absolute Gasteiger partial charge is 0.481 e. The minimum atomic E-state index is -0.821. The lowest BCUT2D eigenvalue weighted by Crippen LogP contribution is -2.40. The number of carboxylic acid groups (broad SMARTS) is 1. The molecule has 0 saturated carbocycles. The molecule has 7 heteroatoms. The number of nitrogens with one attached hydrogen (secondary N) is 1. The van der Waals surface area contributed by atoms with E-state index in [9.17, 15) is 18.8 Å². The number of likely N-dealkylation sites (tertiary alicyclic amines) is 1. The summed E-state index contributed by atoms with van der Waals surface area (Å²) in [5.41, 5.74) is 1.26. The molecule has 0 bridgehead atoms. The Kier molecular flexibility index (Phi) is 6.59. The summed E-state index contributed by atoms with van der Waals surface area (Å²) in [5.74, 6) is -1.58. The van der Waals surface area contributed by atoms with Crippen molar-refractivity contribution in [1.82, 2.24) is 4.90 Å². The Morgan fingerprint density at radius 1 is 1.10 bits per heavy atom. The van der Waals surface area contributed by atoms with Gasteiger partial charge in [0.25, 0.3) is 11.8 Å². The summed E-state index contributed by atoms with van der Waals surface area (Å²) >= 11 is 0. The monoisotopic (exact) mass is 398 g/mol. The maximum atomic E-state index is 13.0. The van der Waals surface area contributed by atoms with E-state index < -0.39 is 11.8 Å². The van der Waals surface area contributed by atoms with E-state index in [-0.39, 0.29) is 24.2 Å². The SMILES string of the molecule is O=C(O)CCC1CCCN(C(=O)c2cccc(NC(=O)c3ccc(F)cc3)c2)C1. The van der Waals surface area contributed by atoms with Crippen LogP contribution in [0.4, 0.5) is 10.1 Å². The van der Waals surface area contributed by atoms with Crippen LogP contribution in [0.1, 0.15) is 46.4 Å². The first-order valence-corrected chi connectivity index (χ1v) is 9.60. The van der Waals surface area contributed by atoms with Gasteiger partial charge < -0.3 is 15.3 Å². The zero-order chi connectivity index (χ0) is 20.8. The number of benzene rings is 2. The molecule has 6 nitrogen and oxygen atoms in total. The van der Waals surface area contributed by atoms with Crippen molar-refractivity contribution >= 4 is 23.5 Å². The molecule has 0 aromatic heterocycles. The first-order chi connectivity index (χ1) is 13.9. The third-order valence-electron chi connectivity index (χ3n) is 5.05. The Bertz CT molecular complexity index is 898. The summed E-state index contributed by atoms with van der Waals surface area (Å²) < 4.78 is 13.0. The number of amides is 2. The van der Waals surface area contributed by atoms with Crippen molar-refractivity contribution in [3.05, 3.63) is 65.5 Å². The van der Waals surface area contributed by atoms with Crippen LogP contribution in [0.5, 0.6) is 0 Å². The average Bonchev–Trinajstić information content (AvgIpc) is 2.72. The Balaban J connectivity index is 1.65. The van der Waals surface area contributed by atoms with Crippen LogP contribution in [0, 0.1) is 11.7 Å². The average molecular weight is 398 g/mol. The quantitative estimate of drug-likeness (QED) is 0.775. The Morgan fingerprint density at radius 2 is 1.86 bits per heavy atom. The molecule has 2 aromatic rings. The van der Waals surface area contributed by atoms with Gasteiger partial charge in [-0.3, -0.25) is 14.4 Å². The van der Waals surface area contributed by atoms with Crippen LogP contribution in [0.2, 0.25) is 0 Å². The maximum absolute atomic E-state index is 13.0. The van der Waals surface area contributed by atoms with Crippen LogP contribution in [-0.4, -0.2) is 40.9 Å². The fourth-order valence-electron chi connectivity index (χ4n) is 3.53. The van der Waals surface area contributed by atoms with E-state index in [1.165, 1.54) is 24.3 Å². The molecule has 1 aliphatic rings. The molecule has 2 aromatic carbocycles. The third-order valence-corrected chi connectivity index (χ3v) is 5.05. The number of carboxylic acids is 1. The Morgan fingerprint density at radius 3 is 2.59 bits per heavy atom. The van der Waals surface area contributed by atoms with Crippen molar-refractivity contribution in [2.75, 3.05) is 18.4 Å². The van der Waals surface area contributed by atoms with E-state index in [0.29, 0.717) is 36.3 Å². The summed E-state index contributed by atoms with van der Waals surface area (Å²) in [6, 6.07) is 11.9. The minimum absolute atomic E-state index is 0.109. The van der Waals surface area contributed by atoms with Crippen LogP contribution < -0.4 is 5.32 Å². The van der Waals surface area contributed by atoms with E-state index in [0.717, 1.165) is 12.8 Å². The minimum Gasteiger partial charge on any atom is -0.481 e. The number of anilines is 1. The molecule has 1 saturated heterocycles. The Labute approximate surface area is 168 Å². The molecule has 3 rings (SSSR count). The van der Waals surface area contributed by atoms with Crippen LogP contribution in [0.3, 0.4) is 0 Å². The number of hydrogen-bond acceptors (Lipinski definition) is 3. The van der Waals surface area contributed by atoms with Crippen LogP contribution in [0.15, 0.2) is 48.5 Å². The van der Waals surface area contributed by atoms with Gasteiger partial charge in [-0.15, -0.1) is 0 Å². The van der Waals surface area contributed by atoms with Crippen molar-refractivity contribution < 1.29 is 23.9 Å². The number of nitrogens with zero attached hydrogens (tertiary/aromatic N) is 1. The standard InChI is InChI=1S/C22H23FN2O4/c23-18-9-7-16(8-10-18)21(28)24-19-5-1-4-17(13-19)22(29)25-12-2-3-15(14-25)6-11-20(26)27/h1,4-5,7-10,13,15H,2-3,6,11-12,14H2,(H,24,28)(H,26,27). The van der Waals surface area contributed by atoms with Crippen molar-refractivity contribution in [3.8, 4) is 0 Å². The van der Waals surface area contributed by atoms with Crippen molar-refractivity contribution in [2.24, 2.45) is 5.92 Å². The first kappa shape index (κ1) is 20.5. The van der Waals surface area contributed by atoms with Crippen molar-refractivity contribution in [2.45, 2.75) is 25.7 Å². The van der Waals surface area contributed by atoms with Gasteiger partial charge in [-0.2, -0.15) is 0 Å². The summed E-state index contributed by atoms with van der Waals surface area (Å²) in [6.07, 6.45) is 2.44. The first-order valence-electron chi connectivity index (χ1n) is 9.60. The molecule has 1 atom stereocenters. The number of carbonyl (C=O) groups is 3. The molecule has 1 fully saturated rings. The summed E-state index contributed by atoms with van der Waals surface area (Å²) in [4.78, 5) is 37.7. The fraction of sp³-hybridized carbons (Fsp3) is 0.318. The molecule has 0 aliphatic carbocycles. The summed E-state index contributed by atoms with van der Waals surface area (Å²) in [6.45, 7) is 1.17. The predicted octanol–water partition coefficient (Wildman–Crippen LogP) is 3.80. The lowest BCUT2D eigenvalue weighted by molar-refractivity contribution is -0.137. The van der Waals surface area contributed by atoms with E-state index in [1.807, 2.05) is 0 Å². The van der Waals surface area contributed by atoms with E-state index >= 15 is 0 Å². The van der Waals surface area contributed by atoms with Crippen LogP contribution in [-0.2, 0) is 4.79 Å². The highest BCUT2D eigenvalue weighted by molar-refractivity contribution is 6.05. The summed E-state index contributed by atoms with van der Waals surface area (Å²) in [5, 5.41) is 11.6. The number of rotatable bonds is 6. The highest BCUT2D eigenvalue weighted by Crippen LogP contribution is 2.23. The molecule has 0 spiro atoms. The predicted molar refractivity (Wildman–Crippen MR) is 106 cm³/mol. The number of carbonyl (C=O) groups excluding carboxylic acids is 2. The number of piperidine rings is 1. The van der Waals surface area contributed by atoms with Crippen LogP contribution in [0.25, 0.3) is 0 Å². The van der Waals surface area contributed by atoms with Crippen molar-refractivity contribution in [1.29, 1.82) is 0 Å².